The summed E-state index contributed by atoms with van der Waals surface area (Å²) >= 11 is 5.39. The van der Waals surface area contributed by atoms with Gasteiger partial charge in [-0.15, -0.1) is 11.6 Å². The van der Waals surface area contributed by atoms with Crippen molar-refractivity contribution in [3.05, 3.63) is 11.7 Å². The third-order valence-corrected chi connectivity index (χ3v) is 1.97. The average Bonchev–Trinajstić information content (AvgIpc) is 2.64. The number of rotatable bonds is 4. The summed E-state index contributed by atoms with van der Waals surface area (Å²) in [5.74, 6) is 0.878. The first-order chi connectivity index (χ1) is 6.67. The molecule has 78 valence electrons. The lowest BCUT2D eigenvalue weighted by Crippen LogP contribution is -2.27. The Morgan fingerprint density at radius 3 is 2.86 bits per heavy atom. The smallest absolute Gasteiger partial charge is 0.246 e. The molecule has 1 rings (SSSR count). The third-order valence-electron chi connectivity index (χ3n) is 1.74. The summed E-state index contributed by atoms with van der Waals surface area (Å²) in [5, 5.41) is 3.72. The molecule has 5 nitrogen and oxygen atoms in total. The molecule has 1 amide bonds. The first-order valence-corrected chi connectivity index (χ1v) is 4.82. The highest BCUT2D eigenvalue weighted by molar-refractivity contribution is 6.27. The molecule has 6 heteroatoms. The van der Waals surface area contributed by atoms with Crippen molar-refractivity contribution >= 4 is 17.5 Å². The van der Waals surface area contributed by atoms with E-state index in [0.717, 1.165) is 6.42 Å². The highest BCUT2D eigenvalue weighted by atomic mass is 35.5. The Balaban J connectivity index is 2.55. The summed E-state index contributed by atoms with van der Waals surface area (Å²) in [6.45, 7) is 2.24. The summed E-state index contributed by atoms with van der Waals surface area (Å²) in [6, 6.07) is 0. The topological polar surface area (TPSA) is 59.2 Å². The Hall–Kier alpha value is -1.10. The molecule has 0 atom stereocenters. The predicted octanol–water partition coefficient (Wildman–Crippen LogP) is 0.829. The SMILES string of the molecule is CCc1noc(CN(C)C(=O)CCl)n1. The Bertz CT molecular complexity index is 313. The fourth-order valence-corrected chi connectivity index (χ4v) is 1.10. The molecule has 0 saturated carbocycles. The second-order valence-electron chi connectivity index (χ2n) is 2.84. The summed E-state index contributed by atoms with van der Waals surface area (Å²) in [5.41, 5.74) is 0. The zero-order valence-electron chi connectivity index (χ0n) is 8.16. The second kappa shape index (κ2) is 4.95. The number of halogens is 1. The van der Waals surface area contributed by atoms with Gasteiger partial charge in [-0.3, -0.25) is 4.79 Å². The number of alkyl halides is 1. The Kier molecular flexibility index (Phi) is 3.88. The van der Waals surface area contributed by atoms with E-state index in [-0.39, 0.29) is 11.8 Å². The van der Waals surface area contributed by atoms with Crippen molar-refractivity contribution in [2.75, 3.05) is 12.9 Å². The maximum absolute atomic E-state index is 11.1. The molecule has 0 bridgehead atoms. The molecular weight excluding hydrogens is 206 g/mol. The van der Waals surface area contributed by atoms with Gasteiger partial charge in [0, 0.05) is 13.5 Å². The summed E-state index contributed by atoms with van der Waals surface area (Å²) in [7, 11) is 1.64. The summed E-state index contributed by atoms with van der Waals surface area (Å²) in [4.78, 5) is 16.6. The largest absolute Gasteiger partial charge is 0.337 e. The van der Waals surface area contributed by atoms with E-state index in [1.165, 1.54) is 4.90 Å². The van der Waals surface area contributed by atoms with Crippen LogP contribution in [0.3, 0.4) is 0 Å². The van der Waals surface area contributed by atoms with Crippen LogP contribution in [0.2, 0.25) is 0 Å². The molecule has 0 aliphatic heterocycles. The van der Waals surface area contributed by atoms with Crippen LogP contribution in [0.1, 0.15) is 18.6 Å². The lowest BCUT2D eigenvalue weighted by molar-refractivity contribution is -0.128. The van der Waals surface area contributed by atoms with Crippen LogP contribution in [0.5, 0.6) is 0 Å². The van der Waals surface area contributed by atoms with E-state index in [9.17, 15) is 4.79 Å². The molecule has 0 aliphatic carbocycles. The van der Waals surface area contributed by atoms with E-state index < -0.39 is 0 Å². The molecule has 1 heterocycles. The number of carbonyl (C=O) groups excluding carboxylic acids is 1. The second-order valence-corrected chi connectivity index (χ2v) is 3.11. The van der Waals surface area contributed by atoms with Crippen LogP contribution in [0.15, 0.2) is 4.52 Å². The van der Waals surface area contributed by atoms with Gasteiger partial charge < -0.3 is 9.42 Å². The Morgan fingerprint density at radius 2 is 2.36 bits per heavy atom. The van der Waals surface area contributed by atoms with Crippen LogP contribution in [-0.2, 0) is 17.8 Å². The van der Waals surface area contributed by atoms with E-state index in [1.54, 1.807) is 7.05 Å². The van der Waals surface area contributed by atoms with E-state index in [4.69, 9.17) is 16.1 Å². The number of nitrogens with zero attached hydrogens (tertiary/aromatic N) is 3. The number of amides is 1. The summed E-state index contributed by atoms with van der Waals surface area (Å²) in [6.07, 6.45) is 0.719. The minimum absolute atomic E-state index is 0.0364. The van der Waals surface area contributed by atoms with Crippen molar-refractivity contribution in [1.82, 2.24) is 15.0 Å². The molecule has 0 aromatic carbocycles. The van der Waals surface area contributed by atoms with Gasteiger partial charge in [0.1, 0.15) is 5.88 Å². The van der Waals surface area contributed by atoms with Gasteiger partial charge in [-0.05, 0) is 0 Å². The normalized spacial score (nSPS) is 10.2. The molecule has 0 fully saturated rings. The fourth-order valence-electron chi connectivity index (χ4n) is 0.891. The molecule has 1 aromatic heterocycles. The van der Waals surface area contributed by atoms with Crippen LogP contribution in [0.25, 0.3) is 0 Å². The van der Waals surface area contributed by atoms with Gasteiger partial charge in [0.05, 0.1) is 6.54 Å². The van der Waals surface area contributed by atoms with Crippen molar-refractivity contribution in [2.24, 2.45) is 0 Å². The first-order valence-electron chi connectivity index (χ1n) is 4.28. The first kappa shape index (κ1) is 11.0. The molecule has 0 unspecified atom stereocenters. The lowest BCUT2D eigenvalue weighted by atomic mass is 10.4. The van der Waals surface area contributed by atoms with Gasteiger partial charge in [0.2, 0.25) is 11.8 Å². The van der Waals surface area contributed by atoms with E-state index in [2.05, 4.69) is 10.1 Å². The van der Waals surface area contributed by atoms with Crippen molar-refractivity contribution in [3.8, 4) is 0 Å². The van der Waals surface area contributed by atoms with Gasteiger partial charge in [-0.1, -0.05) is 12.1 Å². The molecule has 0 aliphatic rings. The zero-order valence-corrected chi connectivity index (χ0v) is 8.91. The van der Waals surface area contributed by atoms with Crippen LogP contribution < -0.4 is 0 Å². The summed E-state index contributed by atoms with van der Waals surface area (Å²) < 4.78 is 4.92. The van der Waals surface area contributed by atoms with Crippen molar-refractivity contribution in [2.45, 2.75) is 19.9 Å². The molecule has 0 saturated heterocycles. The van der Waals surface area contributed by atoms with Gasteiger partial charge in [-0.2, -0.15) is 4.98 Å². The standard InChI is InChI=1S/C8H12ClN3O2/c1-3-6-10-7(14-11-6)5-12(2)8(13)4-9/h3-5H2,1-2H3. The van der Waals surface area contributed by atoms with E-state index in [0.29, 0.717) is 18.3 Å². The fraction of sp³-hybridized carbons (Fsp3) is 0.625. The monoisotopic (exact) mass is 217 g/mol. The molecule has 14 heavy (non-hydrogen) atoms. The Labute approximate surface area is 87.0 Å². The van der Waals surface area contributed by atoms with E-state index >= 15 is 0 Å². The molecular formula is C8H12ClN3O2. The maximum atomic E-state index is 11.1. The van der Waals surface area contributed by atoms with E-state index in [1.807, 2.05) is 6.92 Å². The highest BCUT2D eigenvalue weighted by Gasteiger charge is 2.11. The molecule has 0 radical (unpaired) electrons. The minimum Gasteiger partial charge on any atom is -0.337 e. The van der Waals surface area contributed by atoms with Gasteiger partial charge >= 0.3 is 0 Å². The van der Waals surface area contributed by atoms with Gasteiger partial charge in [0.25, 0.3) is 0 Å². The minimum atomic E-state index is -0.164. The number of hydrogen-bond acceptors (Lipinski definition) is 4. The number of hydrogen-bond donors (Lipinski definition) is 0. The van der Waals surface area contributed by atoms with Crippen molar-refractivity contribution in [1.29, 1.82) is 0 Å². The average molecular weight is 218 g/mol. The highest BCUT2D eigenvalue weighted by Crippen LogP contribution is 2.02. The van der Waals surface area contributed by atoms with Crippen LogP contribution in [-0.4, -0.2) is 33.9 Å². The lowest BCUT2D eigenvalue weighted by Gasteiger charge is -2.11. The predicted molar refractivity (Wildman–Crippen MR) is 50.9 cm³/mol. The van der Waals surface area contributed by atoms with Crippen LogP contribution in [0.4, 0.5) is 0 Å². The van der Waals surface area contributed by atoms with Crippen molar-refractivity contribution < 1.29 is 9.32 Å². The van der Waals surface area contributed by atoms with Crippen LogP contribution in [0, 0.1) is 0 Å². The van der Waals surface area contributed by atoms with Crippen molar-refractivity contribution in [3.63, 3.8) is 0 Å². The maximum Gasteiger partial charge on any atom is 0.246 e. The van der Waals surface area contributed by atoms with Crippen LogP contribution >= 0.6 is 11.6 Å². The Morgan fingerprint density at radius 1 is 1.64 bits per heavy atom. The molecule has 0 N–H and O–H groups in total. The number of carbonyl (C=O) groups is 1. The van der Waals surface area contributed by atoms with Gasteiger partial charge in [0.15, 0.2) is 5.82 Å². The van der Waals surface area contributed by atoms with Gasteiger partial charge in [-0.25, -0.2) is 0 Å². The quantitative estimate of drug-likeness (QED) is 0.701. The molecule has 1 aromatic rings. The molecule has 0 spiro atoms. The number of aromatic nitrogens is 2. The third kappa shape index (κ3) is 2.70. The number of aryl methyl sites for hydroxylation is 1. The zero-order chi connectivity index (χ0) is 10.6.